The molecule has 3 nitrogen and oxygen atoms in total. The highest BCUT2D eigenvalue weighted by molar-refractivity contribution is 9.10. The smallest absolute Gasteiger partial charge is 0.230 e. The molecule has 1 amide bonds. The highest BCUT2D eigenvalue weighted by Gasteiger charge is 2.45. The van der Waals surface area contributed by atoms with E-state index in [4.69, 9.17) is 0 Å². The minimum absolute atomic E-state index is 0.208. The van der Waals surface area contributed by atoms with Gasteiger partial charge in [-0.2, -0.15) is 0 Å². The SMILES string of the molecule is O=C(NCC1CCCN1)C1(c2ccc(Br)cc2)CCC1. The van der Waals surface area contributed by atoms with E-state index < -0.39 is 0 Å². The van der Waals surface area contributed by atoms with Gasteiger partial charge in [0.05, 0.1) is 5.41 Å². The van der Waals surface area contributed by atoms with Crippen LogP contribution < -0.4 is 10.6 Å². The molecule has 1 saturated heterocycles. The Labute approximate surface area is 128 Å². The molecule has 108 valence electrons. The standard InChI is InChI=1S/C16H21BrN2O/c17-13-6-4-12(5-7-13)16(8-2-9-16)15(20)19-11-14-3-1-10-18-14/h4-7,14,18H,1-3,8-11H2,(H,19,20). The second-order valence-electron chi connectivity index (χ2n) is 5.95. The molecule has 2 aliphatic rings. The van der Waals surface area contributed by atoms with Crippen molar-refractivity contribution in [3.63, 3.8) is 0 Å². The Bertz CT molecular complexity index is 476. The molecule has 20 heavy (non-hydrogen) atoms. The molecule has 0 spiro atoms. The first kappa shape index (κ1) is 14.1. The minimum Gasteiger partial charge on any atom is -0.354 e. The molecule has 1 atom stereocenters. The predicted molar refractivity (Wildman–Crippen MR) is 83.7 cm³/mol. The van der Waals surface area contributed by atoms with E-state index in [2.05, 4.69) is 38.7 Å². The van der Waals surface area contributed by atoms with Gasteiger partial charge in [-0.05, 0) is 49.9 Å². The predicted octanol–water partition coefficient (Wildman–Crippen LogP) is 2.74. The third-order valence-corrected chi connectivity index (χ3v) is 5.24. The van der Waals surface area contributed by atoms with E-state index in [0.717, 1.165) is 42.4 Å². The molecule has 1 saturated carbocycles. The van der Waals surface area contributed by atoms with Crippen LogP contribution in [0, 0.1) is 0 Å². The third-order valence-electron chi connectivity index (χ3n) is 4.71. The fourth-order valence-corrected chi connectivity index (χ4v) is 3.53. The van der Waals surface area contributed by atoms with E-state index in [0.29, 0.717) is 6.04 Å². The van der Waals surface area contributed by atoms with E-state index in [1.807, 2.05) is 12.1 Å². The Morgan fingerprint density at radius 1 is 1.30 bits per heavy atom. The topological polar surface area (TPSA) is 41.1 Å². The molecule has 1 aromatic rings. The quantitative estimate of drug-likeness (QED) is 0.887. The zero-order valence-corrected chi connectivity index (χ0v) is 13.2. The maximum Gasteiger partial charge on any atom is 0.230 e. The van der Waals surface area contributed by atoms with Gasteiger partial charge in [0.25, 0.3) is 0 Å². The van der Waals surface area contributed by atoms with E-state index in [-0.39, 0.29) is 11.3 Å². The highest BCUT2D eigenvalue weighted by Crippen LogP contribution is 2.44. The van der Waals surface area contributed by atoms with Crippen molar-refractivity contribution in [3.05, 3.63) is 34.3 Å². The van der Waals surface area contributed by atoms with Crippen molar-refractivity contribution in [1.29, 1.82) is 0 Å². The van der Waals surface area contributed by atoms with Gasteiger partial charge in [-0.25, -0.2) is 0 Å². The van der Waals surface area contributed by atoms with Crippen molar-refractivity contribution in [1.82, 2.24) is 10.6 Å². The largest absolute Gasteiger partial charge is 0.354 e. The van der Waals surface area contributed by atoms with Gasteiger partial charge in [-0.1, -0.05) is 34.5 Å². The summed E-state index contributed by atoms with van der Waals surface area (Å²) < 4.78 is 1.06. The first-order valence-corrected chi connectivity index (χ1v) is 8.28. The van der Waals surface area contributed by atoms with Crippen LogP contribution in [-0.4, -0.2) is 25.0 Å². The van der Waals surface area contributed by atoms with Crippen LogP contribution in [0.3, 0.4) is 0 Å². The van der Waals surface area contributed by atoms with Crippen molar-refractivity contribution in [2.24, 2.45) is 0 Å². The van der Waals surface area contributed by atoms with Crippen LogP contribution >= 0.6 is 15.9 Å². The van der Waals surface area contributed by atoms with Gasteiger partial charge in [0, 0.05) is 17.1 Å². The van der Waals surface area contributed by atoms with Crippen LogP contribution in [-0.2, 0) is 10.2 Å². The Kier molecular flexibility index (Phi) is 4.13. The van der Waals surface area contributed by atoms with Crippen LogP contribution in [0.15, 0.2) is 28.7 Å². The molecule has 1 heterocycles. The Balaban J connectivity index is 1.68. The van der Waals surface area contributed by atoms with Crippen LogP contribution in [0.5, 0.6) is 0 Å². The second kappa shape index (κ2) is 5.86. The number of rotatable bonds is 4. The summed E-state index contributed by atoms with van der Waals surface area (Å²) in [6, 6.07) is 8.68. The Hall–Kier alpha value is -0.870. The molecular weight excluding hydrogens is 316 g/mol. The highest BCUT2D eigenvalue weighted by atomic mass is 79.9. The lowest BCUT2D eigenvalue weighted by atomic mass is 9.64. The maximum atomic E-state index is 12.6. The van der Waals surface area contributed by atoms with Crippen molar-refractivity contribution in [2.45, 2.75) is 43.6 Å². The van der Waals surface area contributed by atoms with Crippen molar-refractivity contribution in [3.8, 4) is 0 Å². The molecular formula is C16H21BrN2O. The number of nitrogens with one attached hydrogen (secondary N) is 2. The molecule has 1 aliphatic carbocycles. The number of carbonyl (C=O) groups is 1. The van der Waals surface area contributed by atoms with Gasteiger partial charge in [0.1, 0.15) is 0 Å². The summed E-state index contributed by atoms with van der Waals surface area (Å²) >= 11 is 3.46. The van der Waals surface area contributed by atoms with Crippen LogP contribution in [0.25, 0.3) is 0 Å². The molecule has 2 fully saturated rings. The molecule has 1 aliphatic heterocycles. The molecule has 4 heteroatoms. The van der Waals surface area contributed by atoms with Crippen molar-refractivity contribution < 1.29 is 4.79 Å². The molecule has 0 radical (unpaired) electrons. The normalized spacial score (nSPS) is 24.1. The number of halogens is 1. The van der Waals surface area contributed by atoms with E-state index >= 15 is 0 Å². The van der Waals surface area contributed by atoms with Gasteiger partial charge >= 0.3 is 0 Å². The average Bonchev–Trinajstić information content (AvgIpc) is 2.90. The van der Waals surface area contributed by atoms with E-state index in [1.54, 1.807) is 0 Å². The summed E-state index contributed by atoms with van der Waals surface area (Å²) in [7, 11) is 0. The summed E-state index contributed by atoms with van der Waals surface area (Å²) in [5.41, 5.74) is 0.878. The summed E-state index contributed by atoms with van der Waals surface area (Å²) in [6.45, 7) is 1.84. The number of benzene rings is 1. The van der Waals surface area contributed by atoms with Crippen LogP contribution in [0.2, 0.25) is 0 Å². The zero-order chi connectivity index (χ0) is 14.0. The van der Waals surface area contributed by atoms with E-state index in [1.165, 1.54) is 12.8 Å². The second-order valence-corrected chi connectivity index (χ2v) is 6.86. The van der Waals surface area contributed by atoms with Crippen molar-refractivity contribution >= 4 is 21.8 Å². The van der Waals surface area contributed by atoms with Gasteiger partial charge < -0.3 is 10.6 Å². The van der Waals surface area contributed by atoms with Crippen LogP contribution in [0.1, 0.15) is 37.7 Å². The third kappa shape index (κ3) is 2.63. The summed E-state index contributed by atoms with van der Waals surface area (Å²) in [4.78, 5) is 12.6. The molecule has 2 N–H and O–H groups in total. The van der Waals surface area contributed by atoms with E-state index in [9.17, 15) is 4.79 Å². The first-order valence-electron chi connectivity index (χ1n) is 7.48. The first-order chi connectivity index (χ1) is 9.71. The Morgan fingerprint density at radius 3 is 2.60 bits per heavy atom. The Morgan fingerprint density at radius 2 is 2.05 bits per heavy atom. The summed E-state index contributed by atoms with van der Waals surface area (Å²) in [5, 5.41) is 6.59. The summed E-state index contributed by atoms with van der Waals surface area (Å²) in [6.07, 6.45) is 5.48. The van der Waals surface area contributed by atoms with Gasteiger partial charge in [0.15, 0.2) is 0 Å². The lowest BCUT2D eigenvalue weighted by Crippen LogP contribution is -2.51. The fourth-order valence-electron chi connectivity index (χ4n) is 3.26. The lowest BCUT2D eigenvalue weighted by Gasteiger charge is -2.41. The van der Waals surface area contributed by atoms with Gasteiger partial charge in [0.2, 0.25) is 5.91 Å². The molecule has 0 bridgehead atoms. The zero-order valence-electron chi connectivity index (χ0n) is 11.6. The summed E-state index contributed by atoms with van der Waals surface area (Å²) in [5.74, 6) is 0.208. The fraction of sp³-hybridized carbons (Fsp3) is 0.562. The molecule has 3 rings (SSSR count). The average molecular weight is 337 g/mol. The number of hydrogen-bond acceptors (Lipinski definition) is 2. The van der Waals surface area contributed by atoms with Crippen molar-refractivity contribution in [2.75, 3.05) is 13.1 Å². The van der Waals surface area contributed by atoms with Gasteiger partial charge in [-0.15, -0.1) is 0 Å². The minimum atomic E-state index is -0.278. The molecule has 1 unspecified atom stereocenters. The molecule has 0 aromatic heterocycles. The van der Waals surface area contributed by atoms with Crippen LogP contribution in [0.4, 0.5) is 0 Å². The number of hydrogen-bond donors (Lipinski definition) is 2. The number of amides is 1. The molecule has 1 aromatic carbocycles. The lowest BCUT2D eigenvalue weighted by molar-refractivity contribution is -0.130. The van der Waals surface area contributed by atoms with Gasteiger partial charge in [-0.3, -0.25) is 4.79 Å². The maximum absolute atomic E-state index is 12.6. The monoisotopic (exact) mass is 336 g/mol. The number of carbonyl (C=O) groups excluding carboxylic acids is 1.